The SMILES string of the molecule is CC[C@]1(c2cccc(-c3ccnc(C)c3)c2)C2=CN=NC2NC2=C1C(=O)NC(C)(C)C2. The van der Waals surface area contributed by atoms with Crippen LogP contribution in [-0.4, -0.2) is 22.6 Å². The Morgan fingerprint density at radius 3 is 2.74 bits per heavy atom. The number of hydrogen-bond donors (Lipinski definition) is 2. The molecular formula is C25H27N5O. The molecule has 0 aliphatic carbocycles. The van der Waals surface area contributed by atoms with Gasteiger partial charge in [0, 0.05) is 35.1 Å². The van der Waals surface area contributed by atoms with Gasteiger partial charge in [-0.05, 0) is 62.1 Å². The Hall–Kier alpha value is -3.28. The van der Waals surface area contributed by atoms with E-state index in [1.54, 1.807) is 0 Å². The minimum Gasteiger partial charge on any atom is -0.362 e. The lowest BCUT2D eigenvalue weighted by atomic mass is 9.62. The zero-order valence-electron chi connectivity index (χ0n) is 18.4. The molecule has 0 radical (unpaired) electrons. The first-order chi connectivity index (χ1) is 14.8. The van der Waals surface area contributed by atoms with Gasteiger partial charge in [0.2, 0.25) is 0 Å². The van der Waals surface area contributed by atoms with Crippen LogP contribution in [0, 0.1) is 6.92 Å². The molecule has 3 aliphatic heterocycles. The Labute approximate surface area is 182 Å². The summed E-state index contributed by atoms with van der Waals surface area (Å²) < 4.78 is 0. The van der Waals surface area contributed by atoms with Crippen molar-refractivity contribution in [2.75, 3.05) is 0 Å². The quantitative estimate of drug-likeness (QED) is 0.776. The fourth-order valence-electron chi connectivity index (χ4n) is 5.30. The van der Waals surface area contributed by atoms with Crippen molar-refractivity contribution in [3.8, 4) is 11.1 Å². The predicted molar refractivity (Wildman–Crippen MR) is 120 cm³/mol. The third-order valence-corrected chi connectivity index (χ3v) is 6.62. The summed E-state index contributed by atoms with van der Waals surface area (Å²) in [6.07, 6.45) is 4.92. The molecule has 0 fully saturated rings. The van der Waals surface area contributed by atoms with Crippen LogP contribution in [0.2, 0.25) is 0 Å². The third-order valence-electron chi connectivity index (χ3n) is 6.62. The van der Waals surface area contributed by atoms with Gasteiger partial charge >= 0.3 is 0 Å². The normalized spacial score (nSPS) is 26.0. The van der Waals surface area contributed by atoms with E-state index in [9.17, 15) is 4.79 Å². The summed E-state index contributed by atoms with van der Waals surface area (Å²) in [7, 11) is 0. The number of hydrogen-bond acceptors (Lipinski definition) is 5. The lowest BCUT2D eigenvalue weighted by Crippen LogP contribution is -2.58. The molecule has 1 aromatic carbocycles. The molecule has 2 N–H and O–H groups in total. The summed E-state index contributed by atoms with van der Waals surface area (Å²) in [5.41, 5.74) is 6.21. The third kappa shape index (κ3) is 3.00. The fourth-order valence-corrected chi connectivity index (χ4v) is 5.30. The first kappa shape index (κ1) is 19.7. The van der Waals surface area contributed by atoms with Crippen LogP contribution in [0.4, 0.5) is 0 Å². The molecule has 0 saturated carbocycles. The molecule has 158 valence electrons. The highest BCUT2D eigenvalue weighted by Crippen LogP contribution is 2.51. The van der Waals surface area contributed by atoms with E-state index in [4.69, 9.17) is 0 Å². The molecule has 6 heteroatoms. The monoisotopic (exact) mass is 413 g/mol. The van der Waals surface area contributed by atoms with Crippen molar-refractivity contribution in [1.29, 1.82) is 0 Å². The van der Waals surface area contributed by atoms with Crippen molar-refractivity contribution < 1.29 is 4.79 Å². The molecule has 0 saturated heterocycles. The lowest BCUT2D eigenvalue weighted by molar-refractivity contribution is -0.120. The number of carbonyl (C=O) groups is 1. The van der Waals surface area contributed by atoms with Gasteiger partial charge in [-0.2, -0.15) is 10.2 Å². The Morgan fingerprint density at radius 2 is 1.97 bits per heavy atom. The highest BCUT2D eigenvalue weighted by atomic mass is 16.2. The Morgan fingerprint density at radius 1 is 1.16 bits per heavy atom. The van der Waals surface area contributed by atoms with Gasteiger partial charge in [-0.25, -0.2) is 0 Å². The summed E-state index contributed by atoms with van der Waals surface area (Å²) in [5.74, 6) is -0.0167. The molecule has 2 aromatic rings. The second-order valence-electron chi connectivity index (χ2n) is 9.26. The maximum Gasteiger partial charge on any atom is 0.250 e. The Bertz CT molecular complexity index is 1180. The molecule has 0 bridgehead atoms. The Kier molecular flexibility index (Phi) is 4.36. The van der Waals surface area contributed by atoms with E-state index >= 15 is 0 Å². The predicted octanol–water partition coefficient (Wildman–Crippen LogP) is 4.54. The first-order valence-corrected chi connectivity index (χ1v) is 10.8. The molecular weight excluding hydrogens is 386 g/mol. The number of rotatable bonds is 3. The summed E-state index contributed by atoms with van der Waals surface area (Å²) in [5, 5.41) is 15.4. The molecule has 31 heavy (non-hydrogen) atoms. The van der Waals surface area contributed by atoms with Gasteiger partial charge in [0.1, 0.15) is 0 Å². The summed E-state index contributed by atoms with van der Waals surface area (Å²) in [6, 6.07) is 12.6. The zero-order valence-corrected chi connectivity index (χ0v) is 18.4. The summed E-state index contributed by atoms with van der Waals surface area (Å²) >= 11 is 0. The average Bonchev–Trinajstić information content (AvgIpc) is 3.20. The van der Waals surface area contributed by atoms with E-state index in [-0.39, 0.29) is 17.6 Å². The minimum absolute atomic E-state index is 0.0167. The number of azo groups is 1. The number of aryl methyl sites for hydroxylation is 1. The Balaban J connectivity index is 1.73. The fraction of sp³-hybridized carbons (Fsp3) is 0.360. The van der Waals surface area contributed by atoms with E-state index in [2.05, 4.69) is 76.9 Å². The van der Waals surface area contributed by atoms with Crippen LogP contribution in [0.1, 0.15) is 44.9 Å². The van der Waals surface area contributed by atoms with Crippen molar-refractivity contribution in [1.82, 2.24) is 15.6 Å². The average molecular weight is 414 g/mol. The number of fused-ring (bicyclic) bond motifs is 1. The number of aromatic nitrogens is 1. The van der Waals surface area contributed by atoms with Crippen LogP contribution in [0.5, 0.6) is 0 Å². The van der Waals surface area contributed by atoms with Crippen LogP contribution in [0.25, 0.3) is 11.1 Å². The number of amides is 1. The summed E-state index contributed by atoms with van der Waals surface area (Å²) in [6.45, 7) is 8.24. The van der Waals surface area contributed by atoms with Crippen LogP contribution in [0.15, 0.2) is 75.9 Å². The number of nitrogens with zero attached hydrogens (tertiary/aromatic N) is 3. The van der Waals surface area contributed by atoms with Crippen molar-refractivity contribution in [2.45, 2.75) is 57.7 Å². The molecule has 4 heterocycles. The van der Waals surface area contributed by atoms with Crippen molar-refractivity contribution in [3.05, 3.63) is 76.9 Å². The van der Waals surface area contributed by atoms with Gasteiger partial charge in [-0.1, -0.05) is 25.1 Å². The van der Waals surface area contributed by atoms with Gasteiger partial charge in [-0.15, -0.1) is 0 Å². The number of nitrogens with one attached hydrogen (secondary N) is 2. The largest absolute Gasteiger partial charge is 0.362 e. The molecule has 1 unspecified atom stereocenters. The van der Waals surface area contributed by atoms with Gasteiger partial charge in [0.05, 0.1) is 17.2 Å². The molecule has 6 nitrogen and oxygen atoms in total. The van der Waals surface area contributed by atoms with E-state index in [1.807, 2.05) is 25.4 Å². The van der Waals surface area contributed by atoms with E-state index in [0.717, 1.165) is 52.1 Å². The van der Waals surface area contributed by atoms with E-state index < -0.39 is 5.41 Å². The molecule has 2 atom stereocenters. The topological polar surface area (TPSA) is 78.7 Å². The molecule has 1 amide bonds. The first-order valence-electron chi connectivity index (χ1n) is 10.8. The van der Waals surface area contributed by atoms with Crippen LogP contribution in [0.3, 0.4) is 0 Å². The second-order valence-corrected chi connectivity index (χ2v) is 9.26. The zero-order chi connectivity index (χ0) is 21.8. The van der Waals surface area contributed by atoms with Crippen molar-refractivity contribution in [3.63, 3.8) is 0 Å². The highest BCUT2D eigenvalue weighted by Gasteiger charge is 2.53. The van der Waals surface area contributed by atoms with Crippen molar-refractivity contribution >= 4 is 5.91 Å². The van der Waals surface area contributed by atoms with Gasteiger partial charge in [-0.3, -0.25) is 9.78 Å². The molecule has 1 aromatic heterocycles. The number of pyridine rings is 1. The molecule has 0 spiro atoms. The molecule has 5 rings (SSSR count). The van der Waals surface area contributed by atoms with Gasteiger partial charge < -0.3 is 10.6 Å². The van der Waals surface area contributed by atoms with Gasteiger partial charge in [0.25, 0.3) is 5.91 Å². The van der Waals surface area contributed by atoms with Crippen LogP contribution >= 0.6 is 0 Å². The lowest BCUT2D eigenvalue weighted by Gasteiger charge is -2.48. The smallest absolute Gasteiger partial charge is 0.250 e. The van der Waals surface area contributed by atoms with Gasteiger partial charge in [0.15, 0.2) is 6.17 Å². The highest BCUT2D eigenvalue weighted by molar-refractivity contribution is 6.00. The number of carbonyl (C=O) groups excluding carboxylic acids is 1. The number of benzene rings is 1. The maximum absolute atomic E-state index is 13.5. The molecule has 3 aliphatic rings. The summed E-state index contributed by atoms with van der Waals surface area (Å²) in [4.78, 5) is 17.8. The van der Waals surface area contributed by atoms with Crippen LogP contribution < -0.4 is 10.6 Å². The van der Waals surface area contributed by atoms with Crippen molar-refractivity contribution in [2.24, 2.45) is 10.2 Å². The van der Waals surface area contributed by atoms with E-state index in [1.165, 1.54) is 0 Å². The van der Waals surface area contributed by atoms with E-state index in [0.29, 0.717) is 0 Å². The minimum atomic E-state index is -0.576. The second kappa shape index (κ2) is 6.87. The maximum atomic E-state index is 13.5. The van der Waals surface area contributed by atoms with Crippen LogP contribution in [-0.2, 0) is 10.2 Å². The standard InChI is InChI=1S/C25H27N5O/c1-5-25(18-8-6-7-16(12-18)17-9-10-26-15(2)11-17)19-14-27-30-22(19)28-20-13-24(3,4)29-23(31)21(20)25/h6-12,14,22,28H,5,13H2,1-4H3,(H,29,31)/t22?,25-/m0/s1.